The second kappa shape index (κ2) is 14.4. The Labute approximate surface area is 194 Å². The van der Waals surface area contributed by atoms with Crippen LogP contribution < -0.4 is 10.6 Å². The molecular formula is C20H33F3IN5O. The van der Waals surface area contributed by atoms with Crippen LogP contribution in [0.3, 0.4) is 0 Å². The summed E-state index contributed by atoms with van der Waals surface area (Å²) in [7, 11) is 1.12. The lowest BCUT2D eigenvalue weighted by Crippen LogP contribution is -2.44. The lowest BCUT2D eigenvalue weighted by Gasteiger charge is -2.30. The Hall–Kier alpha value is -1.56. The van der Waals surface area contributed by atoms with Crippen molar-refractivity contribution in [3.8, 4) is 0 Å². The number of rotatable bonds is 10. The molecule has 0 aliphatic rings. The number of aliphatic imine (C=N–C) groups is 1. The third kappa shape index (κ3) is 10.5. The minimum absolute atomic E-state index is 0. The van der Waals surface area contributed by atoms with Gasteiger partial charge in [-0.25, -0.2) is 4.99 Å². The van der Waals surface area contributed by atoms with Gasteiger partial charge in [-0.2, -0.15) is 13.2 Å². The maximum atomic E-state index is 12.4. The van der Waals surface area contributed by atoms with Gasteiger partial charge < -0.3 is 15.5 Å². The highest BCUT2D eigenvalue weighted by Crippen LogP contribution is 2.19. The van der Waals surface area contributed by atoms with E-state index >= 15 is 0 Å². The minimum atomic E-state index is -4.43. The van der Waals surface area contributed by atoms with Crippen LogP contribution in [0, 0.1) is 0 Å². The highest BCUT2D eigenvalue weighted by molar-refractivity contribution is 14.0. The van der Waals surface area contributed by atoms with Crippen LogP contribution in [0.2, 0.25) is 0 Å². The quantitative estimate of drug-likeness (QED) is 0.270. The zero-order valence-electron chi connectivity index (χ0n) is 18.0. The third-order valence-corrected chi connectivity index (χ3v) is 4.46. The number of nitrogens with zero attached hydrogens (tertiary/aromatic N) is 3. The number of guanidine groups is 1. The van der Waals surface area contributed by atoms with Gasteiger partial charge in [0.15, 0.2) is 5.96 Å². The van der Waals surface area contributed by atoms with E-state index in [-0.39, 0.29) is 36.6 Å². The Balaban J connectivity index is 0.00000841. The fraction of sp³-hybridized carbons (Fsp3) is 0.600. The van der Waals surface area contributed by atoms with Gasteiger partial charge in [-0.1, -0.05) is 44.2 Å². The number of halogens is 4. The van der Waals surface area contributed by atoms with Gasteiger partial charge in [0.05, 0.1) is 6.04 Å². The van der Waals surface area contributed by atoms with Gasteiger partial charge in [-0.05, 0) is 25.6 Å². The zero-order valence-corrected chi connectivity index (χ0v) is 20.3. The number of hydrogen-bond donors (Lipinski definition) is 2. The fourth-order valence-corrected chi connectivity index (χ4v) is 2.96. The maximum Gasteiger partial charge on any atom is 0.406 e. The predicted octanol–water partition coefficient (Wildman–Crippen LogP) is 3.26. The molecule has 172 valence electrons. The molecule has 1 aromatic carbocycles. The molecule has 1 aromatic rings. The minimum Gasteiger partial charge on any atom is -0.357 e. The summed E-state index contributed by atoms with van der Waals surface area (Å²) in [5.41, 5.74) is 1.15. The molecule has 0 fully saturated rings. The van der Waals surface area contributed by atoms with Crippen molar-refractivity contribution in [1.29, 1.82) is 0 Å². The number of nitrogens with one attached hydrogen (secondary N) is 2. The molecule has 1 unspecified atom stereocenters. The molecule has 0 spiro atoms. The summed E-state index contributed by atoms with van der Waals surface area (Å²) >= 11 is 0. The van der Waals surface area contributed by atoms with Gasteiger partial charge in [0.25, 0.3) is 0 Å². The summed E-state index contributed by atoms with van der Waals surface area (Å²) in [6, 6.07) is 10.2. The van der Waals surface area contributed by atoms with Crippen molar-refractivity contribution in [2.45, 2.75) is 33.0 Å². The molecule has 0 heterocycles. The van der Waals surface area contributed by atoms with Gasteiger partial charge in [0.2, 0.25) is 5.91 Å². The van der Waals surface area contributed by atoms with E-state index in [0.717, 1.165) is 25.7 Å². The fourth-order valence-electron chi connectivity index (χ4n) is 2.96. The van der Waals surface area contributed by atoms with Crippen molar-refractivity contribution in [3.05, 3.63) is 35.9 Å². The first-order chi connectivity index (χ1) is 13.7. The molecule has 0 saturated carbocycles. The van der Waals surface area contributed by atoms with E-state index in [0.29, 0.717) is 23.9 Å². The Morgan fingerprint density at radius 1 is 1.10 bits per heavy atom. The number of carbonyl (C=O) groups excluding carboxylic acids is 1. The first kappa shape index (κ1) is 28.4. The SMILES string of the molecule is CCNC(=NCC(=O)N(C)CC(F)(F)F)NCC(c1ccccc1)N(CC)CC.I. The van der Waals surface area contributed by atoms with Crippen LogP contribution in [0.1, 0.15) is 32.4 Å². The largest absolute Gasteiger partial charge is 0.406 e. The highest BCUT2D eigenvalue weighted by atomic mass is 127. The van der Waals surface area contributed by atoms with E-state index in [1.165, 1.54) is 0 Å². The van der Waals surface area contributed by atoms with Crippen LogP contribution in [0.15, 0.2) is 35.3 Å². The smallest absolute Gasteiger partial charge is 0.357 e. The number of hydrogen-bond acceptors (Lipinski definition) is 3. The standard InChI is InChI=1S/C20H32F3N5O.HI/c1-5-24-19(26-14-18(29)27(4)15-20(21,22)23)25-13-17(28(6-2)7-3)16-11-9-8-10-12-16;/h8-12,17H,5-7,13-15H2,1-4H3,(H2,24,25,26);1H. The van der Waals surface area contributed by atoms with Gasteiger partial charge in [-0.15, -0.1) is 24.0 Å². The normalized spacial score (nSPS) is 12.9. The van der Waals surface area contributed by atoms with Crippen LogP contribution in [-0.2, 0) is 4.79 Å². The Morgan fingerprint density at radius 2 is 1.70 bits per heavy atom. The molecule has 0 aliphatic heterocycles. The Bertz CT molecular complexity index is 639. The molecule has 2 N–H and O–H groups in total. The number of likely N-dealkylation sites (N-methyl/N-ethyl adjacent to an activating group) is 2. The molecule has 1 atom stereocenters. The summed E-state index contributed by atoms with van der Waals surface area (Å²) < 4.78 is 37.3. The molecule has 1 rings (SSSR count). The molecule has 30 heavy (non-hydrogen) atoms. The molecule has 0 saturated heterocycles. The molecule has 0 aromatic heterocycles. The second-order valence-electron chi connectivity index (χ2n) is 6.59. The third-order valence-electron chi connectivity index (χ3n) is 4.46. The van der Waals surface area contributed by atoms with Crippen molar-refractivity contribution in [3.63, 3.8) is 0 Å². The average molecular weight is 543 g/mol. The molecule has 0 bridgehead atoms. The highest BCUT2D eigenvalue weighted by Gasteiger charge is 2.31. The van der Waals surface area contributed by atoms with Crippen molar-refractivity contribution < 1.29 is 18.0 Å². The predicted molar refractivity (Wildman–Crippen MR) is 125 cm³/mol. The van der Waals surface area contributed by atoms with Crippen molar-refractivity contribution in [1.82, 2.24) is 20.4 Å². The second-order valence-corrected chi connectivity index (χ2v) is 6.59. The molecule has 6 nitrogen and oxygen atoms in total. The van der Waals surface area contributed by atoms with Crippen molar-refractivity contribution >= 4 is 35.8 Å². The van der Waals surface area contributed by atoms with E-state index < -0.39 is 18.6 Å². The number of amides is 1. The van der Waals surface area contributed by atoms with E-state index in [9.17, 15) is 18.0 Å². The first-order valence-corrected chi connectivity index (χ1v) is 9.83. The monoisotopic (exact) mass is 543 g/mol. The lowest BCUT2D eigenvalue weighted by molar-refractivity contribution is -0.157. The van der Waals surface area contributed by atoms with Crippen LogP contribution in [0.5, 0.6) is 0 Å². The zero-order chi connectivity index (χ0) is 21.9. The summed E-state index contributed by atoms with van der Waals surface area (Å²) in [6.45, 7) is 7.27. The molecule has 0 radical (unpaired) electrons. The lowest BCUT2D eigenvalue weighted by atomic mass is 10.1. The molecule has 1 amide bonds. The van der Waals surface area contributed by atoms with Gasteiger partial charge >= 0.3 is 6.18 Å². The topological polar surface area (TPSA) is 60.0 Å². The number of benzene rings is 1. The summed E-state index contributed by atoms with van der Waals surface area (Å²) in [5.74, 6) is -0.294. The maximum absolute atomic E-state index is 12.4. The number of carbonyl (C=O) groups is 1. The summed E-state index contributed by atoms with van der Waals surface area (Å²) in [4.78, 5) is 19.0. The van der Waals surface area contributed by atoms with Gasteiger partial charge in [0, 0.05) is 20.1 Å². The van der Waals surface area contributed by atoms with Crippen molar-refractivity contribution in [2.24, 2.45) is 4.99 Å². The molecular weight excluding hydrogens is 510 g/mol. The molecule has 0 aliphatic carbocycles. The Kier molecular flexibility index (Phi) is 13.7. The van der Waals surface area contributed by atoms with Crippen LogP contribution >= 0.6 is 24.0 Å². The van der Waals surface area contributed by atoms with E-state index in [1.807, 2.05) is 25.1 Å². The number of alkyl halides is 3. The van der Waals surface area contributed by atoms with E-state index in [4.69, 9.17) is 0 Å². The van der Waals surface area contributed by atoms with Crippen LogP contribution in [-0.4, -0.2) is 74.2 Å². The average Bonchev–Trinajstić information content (AvgIpc) is 2.68. The van der Waals surface area contributed by atoms with Crippen LogP contribution in [0.4, 0.5) is 13.2 Å². The van der Waals surface area contributed by atoms with Crippen LogP contribution in [0.25, 0.3) is 0 Å². The Morgan fingerprint density at radius 3 is 2.20 bits per heavy atom. The van der Waals surface area contributed by atoms with Crippen molar-refractivity contribution in [2.75, 3.05) is 46.3 Å². The van der Waals surface area contributed by atoms with E-state index in [2.05, 4.69) is 46.5 Å². The molecule has 10 heteroatoms. The summed E-state index contributed by atoms with van der Waals surface area (Å²) in [6.07, 6.45) is -4.43. The van der Waals surface area contributed by atoms with Gasteiger partial charge in [-0.3, -0.25) is 9.69 Å². The first-order valence-electron chi connectivity index (χ1n) is 9.83. The van der Waals surface area contributed by atoms with Gasteiger partial charge in [0.1, 0.15) is 13.1 Å². The van der Waals surface area contributed by atoms with E-state index in [1.54, 1.807) is 0 Å². The summed E-state index contributed by atoms with van der Waals surface area (Å²) in [5, 5.41) is 6.25.